The number of aryl methyl sites for hydroxylation is 1. The summed E-state index contributed by atoms with van der Waals surface area (Å²) in [4.78, 5) is 17.8. The standard InChI is InChI=1S/C25H23Cl2N3O/c1-15(2)17-9-8-16(3)22(12-17)28-24(31)14-30-23-7-5-4-6-21(23)29-25(30)19-13-18(26)10-11-20(19)27/h4-13,15H,14H2,1-3H3,(H,28,31). The average Bonchev–Trinajstić information content (AvgIpc) is 3.09. The lowest BCUT2D eigenvalue weighted by molar-refractivity contribution is -0.116. The summed E-state index contributed by atoms with van der Waals surface area (Å²) < 4.78 is 1.88. The largest absolute Gasteiger partial charge is 0.324 e. The lowest BCUT2D eigenvalue weighted by atomic mass is 10.0. The molecule has 0 spiro atoms. The molecule has 1 N–H and O–H groups in total. The number of carbonyl (C=O) groups is 1. The number of carbonyl (C=O) groups excluding carboxylic acids is 1. The minimum atomic E-state index is -0.133. The van der Waals surface area contributed by atoms with Gasteiger partial charge in [0.05, 0.1) is 16.1 Å². The number of hydrogen-bond acceptors (Lipinski definition) is 2. The number of hydrogen-bond donors (Lipinski definition) is 1. The van der Waals surface area contributed by atoms with E-state index in [9.17, 15) is 4.79 Å². The number of para-hydroxylation sites is 2. The van der Waals surface area contributed by atoms with Crippen LogP contribution in [0.3, 0.4) is 0 Å². The molecule has 6 heteroatoms. The monoisotopic (exact) mass is 451 g/mol. The summed E-state index contributed by atoms with van der Waals surface area (Å²) in [6, 6.07) is 19.1. The minimum Gasteiger partial charge on any atom is -0.324 e. The minimum absolute atomic E-state index is 0.101. The Morgan fingerprint density at radius 1 is 1.06 bits per heavy atom. The van der Waals surface area contributed by atoms with Gasteiger partial charge in [0.1, 0.15) is 12.4 Å². The number of benzene rings is 3. The Morgan fingerprint density at radius 2 is 1.84 bits per heavy atom. The molecule has 0 saturated heterocycles. The van der Waals surface area contributed by atoms with Crippen LogP contribution in [0.25, 0.3) is 22.4 Å². The molecule has 1 amide bonds. The number of nitrogens with zero attached hydrogens (tertiary/aromatic N) is 2. The van der Waals surface area contributed by atoms with E-state index in [1.54, 1.807) is 18.2 Å². The van der Waals surface area contributed by atoms with Crippen molar-refractivity contribution in [3.63, 3.8) is 0 Å². The van der Waals surface area contributed by atoms with E-state index in [-0.39, 0.29) is 12.5 Å². The van der Waals surface area contributed by atoms with Gasteiger partial charge in [-0.15, -0.1) is 0 Å². The molecule has 0 saturated carbocycles. The number of anilines is 1. The second-order valence-corrected chi connectivity index (χ2v) is 8.76. The number of amides is 1. The van der Waals surface area contributed by atoms with E-state index in [1.807, 2.05) is 47.9 Å². The van der Waals surface area contributed by atoms with Gasteiger partial charge in [-0.1, -0.05) is 61.3 Å². The smallest absolute Gasteiger partial charge is 0.244 e. The quantitative estimate of drug-likeness (QED) is 0.352. The first-order valence-electron chi connectivity index (χ1n) is 10.1. The zero-order chi connectivity index (χ0) is 22.1. The van der Waals surface area contributed by atoms with Crippen LogP contribution in [-0.4, -0.2) is 15.5 Å². The Balaban J connectivity index is 1.72. The van der Waals surface area contributed by atoms with Crippen molar-refractivity contribution in [1.82, 2.24) is 9.55 Å². The number of nitrogens with one attached hydrogen (secondary N) is 1. The van der Waals surface area contributed by atoms with Gasteiger partial charge < -0.3 is 9.88 Å². The molecule has 3 aromatic carbocycles. The molecule has 0 aliphatic carbocycles. The summed E-state index contributed by atoms with van der Waals surface area (Å²) in [7, 11) is 0. The van der Waals surface area contributed by atoms with Crippen LogP contribution in [0.5, 0.6) is 0 Å². The number of fused-ring (bicyclic) bond motifs is 1. The third-order valence-electron chi connectivity index (χ3n) is 5.33. The molecule has 4 nitrogen and oxygen atoms in total. The first-order chi connectivity index (χ1) is 14.8. The van der Waals surface area contributed by atoms with Crippen LogP contribution in [-0.2, 0) is 11.3 Å². The van der Waals surface area contributed by atoms with Gasteiger partial charge in [-0.2, -0.15) is 0 Å². The number of imidazole rings is 1. The molecule has 158 valence electrons. The van der Waals surface area contributed by atoms with Gasteiger partial charge >= 0.3 is 0 Å². The molecule has 0 aliphatic heterocycles. The van der Waals surface area contributed by atoms with Crippen LogP contribution < -0.4 is 5.32 Å². The van der Waals surface area contributed by atoms with Crippen molar-refractivity contribution in [1.29, 1.82) is 0 Å². The summed E-state index contributed by atoms with van der Waals surface area (Å²) in [6.07, 6.45) is 0. The Hall–Kier alpha value is -2.82. The van der Waals surface area contributed by atoms with Crippen LogP contribution in [0.15, 0.2) is 60.7 Å². The molecule has 4 rings (SSSR count). The summed E-state index contributed by atoms with van der Waals surface area (Å²) in [5, 5.41) is 4.15. The van der Waals surface area contributed by atoms with Gasteiger partial charge in [0, 0.05) is 16.3 Å². The van der Waals surface area contributed by atoms with Gasteiger partial charge in [-0.3, -0.25) is 4.79 Å². The molecule has 0 atom stereocenters. The van der Waals surface area contributed by atoms with Crippen molar-refractivity contribution in [2.24, 2.45) is 0 Å². The Morgan fingerprint density at radius 3 is 2.61 bits per heavy atom. The van der Waals surface area contributed by atoms with Crippen molar-refractivity contribution in [2.45, 2.75) is 33.2 Å². The highest BCUT2D eigenvalue weighted by molar-refractivity contribution is 6.35. The van der Waals surface area contributed by atoms with E-state index >= 15 is 0 Å². The molecule has 0 bridgehead atoms. The lowest BCUT2D eigenvalue weighted by Crippen LogP contribution is -2.20. The third kappa shape index (κ3) is 4.46. The lowest BCUT2D eigenvalue weighted by Gasteiger charge is -2.14. The van der Waals surface area contributed by atoms with Gasteiger partial charge in [-0.05, 0) is 60.4 Å². The zero-order valence-electron chi connectivity index (χ0n) is 17.6. The highest BCUT2D eigenvalue weighted by Gasteiger charge is 2.18. The van der Waals surface area contributed by atoms with Crippen molar-refractivity contribution in [3.05, 3.63) is 81.8 Å². The van der Waals surface area contributed by atoms with E-state index in [2.05, 4.69) is 25.2 Å². The summed E-state index contributed by atoms with van der Waals surface area (Å²) >= 11 is 12.7. The molecule has 31 heavy (non-hydrogen) atoms. The predicted molar refractivity (Wildman–Crippen MR) is 129 cm³/mol. The second-order valence-electron chi connectivity index (χ2n) is 7.91. The third-order valence-corrected chi connectivity index (χ3v) is 5.89. The number of rotatable bonds is 5. The van der Waals surface area contributed by atoms with E-state index in [4.69, 9.17) is 28.2 Å². The number of aromatic nitrogens is 2. The van der Waals surface area contributed by atoms with Crippen LogP contribution >= 0.6 is 23.2 Å². The molecule has 0 unspecified atom stereocenters. The van der Waals surface area contributed by atoms with E-state index in [0.29, 0.717) is 27.4 Å². The van der Waals surface area contributed by atoms with Gasteiger partial charge in [0.2, 0.25) is 5.91 Å². The fourth-order valence-corrected chi connectivity index (χ4v) is 3.95. The molecule has 0 fully saturated rings. The molecule has 1 aromatic heterocycles. The SMILES string of the molecule is Cc1ccc(C(C)C)cc1NC(=O)Cn1c(-c2cc(Cl)ccc2Cl)nc2ccccc21. The van der Waals surface area contributed by atoms with Crippen molar-refractivity contribution in [3.8, 4) is 11.4 Å². The molecule has 0 radical (unpaired) electrons. The zero-order valence-corrected chi connectivity index (χ0v) is 19.1. The van der Waals surface area contributed by atoms with E-state index in [0.717, 1.165) is 22.3 Å². The highest BCUT2D eigenvalue weighted by Crippen LogP contribution is 2.32. The Bertz CT molecular complexity index is 1280. The van der Waals surface area contributed by atoms with Crippen molar-refractivity contribution >= 4 is 45.8 Å². The maximum atomic E-state index is 13.1. The normalized spacial score (nSPS) is 11.3. The van der Waals surface area contributed by atoms with Gasteiger partial charge in [0.25, 0.3) is 0 Å². The van der Waals surface area contributed by atoms with E-state index in [1.165, 1.54) is 5.56 Å². The topological polar surface area (TPSA) is 46.9 Å². The molecular weight excluding hydrogens is 429 g/mol. The summed E-state index contributed by atoms with van der Waals surface area (Å²) in [6.45, 7) is 6.36. The molecule has 0 aliphatic rings. The highest BCUT2D eigenvalue weighted by atomic mass is 35.5. The number of halogens is 2. The van der Waals surface area contributed by atoms with Crippen LogP contribution in [0.4, 0.5) is 5.69 Å². The second kappa shape index (κ2) is 8.74. The predicted octanol–water partition coefficient (Wildman–Crippen LogP) is 7.08. The van der Waals surface area contributed by atoms with Gasteiger partial charge in [-0.25, -0.2) is 4.98 Å². The fourth-order valence-electron chi connectivity index (χ4n) is 3.58. The molecular formula is C25H23Cl2N3O. The maximum Gasteiger partial charge on any atom is 0.244 e. The van der Waals surface area contributed by atoms with Crippen molar-refractivity contribution in [2.75, 3.05) is 5.32 Å². The molecule has 4 aromatic rings. The van der Waals surface area contributed by atoms with E-state index < -0.39 is 0 Å². The Kier molecular flexibility index (Phi) is 6.03. The first-order valence-corrected chi connectivity index (χ1v) is 10.9. The van der Waals surface area contributed by atoms with Crippen LogP contribution in [0.1, 0.15) is 30.9 Å². The van der Waals surface area contributed by atoms with Crippen LogP contribution in [0.2, 0.25) is 10.0 Å². The maximum absolute atomic E-state index is 13.1. The fraction of sp³-hybridized carbons (Fsp3) is 0.200. The Labute approximate surface area is 191 Å². The molecule has 1 heterocycles. The van der Waals surface area contributed by atoms with Gasteiger partial charge in [0.15, 0.2) is 0 Å². The van der Waals surface area contributed by atoms with Crippen LogP contribution in [0, 0.1) is 6.92 Å². The van der Waals surface area contributed by atoms with Crippen molar-refractivity contribution < 1.29 is 4.79 Å². The average molecular weight is 452 g/mol. The first kappa shape index (κ1) is 21.4. The summed E-state index contributed by atoms with van der Waals surface area (Å²) in [5.74, 6) is 0.855. The summed E-state index contributed by atoms with van der Waals surface area (Å²) in [5.41, 5.74) is 5.36.